The van der Waals surface area contributed by atoms with Crippen molar-refractivity contribution in [2.45, 2.75) is 34.6 Å². The maximum absolute atomic E-state index is 11.8. The molecule has 8 heteroatoms. The zero-order chi connectivity index (χ0) is 16.0. The van der Waals surface area contributed by atoms with Crippen molar-refractivity contribution in [2.75, 3.05) is 32.6 Å². The molecule has 7 nitrogen and oxygen atoms in total. The van der Waals surface area contributed by atoms with Crippen molar-refractivity contribution >= 4 is 19.5 Å². The van der Waals surface area contributed by atoms with Gasteiger partial charge in [0.05, 0.1) is 26.4 Å². The summed E-state index contributed by atoms with van der Waals surface area (Å²) in [6.45, 7) is 9.47. The minimum atomic E-state index is -3.28. The molecule has 0 aliphatic carbocycles. The Morgan fingerprint density at radius 1 is 0.850 bits per heavy atom. The molecule has 0 rings (SSSR count). The van der Waals surface area contributed by atoms with E-state index in [4.69, 9.17) is 9.05 Å². The molecule has 0 amide bonds. The summed E-state index contributed by atoms with van der Waals surface area (Å²) >= 11 is 0. The third-order valence-electron chi connectivity index (χ3n) is 1.63. The van der Waals surface area contributed by atoms with Crippen LogP contribution >= 0.6 is 7.60 Å². The number of carbonyl (C=O) groups is 2. The van der Waals surface area contributed by atoms with Crippen molar-refractivity contribution in [3.05, 3.63) is 0 Å². The largest absolute Gasteiger partial charge is 0.466 e. The molecule has 0 fully saturated rings. The van der Waals surface area contributed by atoms with E-state index in [-0.39, 0.29) is 32.0 Å². The molecule has 0 saturated heterocycles. The van der Waals surface area contributed by atoms with Gasteiger partial charge in [-0.25, -0.2) is 0 Å². The molecule has 0 saturated carbocycles. The number of hydrogen-bond donors (Lipinski definition) is 0. The Hall–Kier alpha value is -0.910. The molecular weight excluding hydrogens is 287 g/mol. The Morgan fingerprint density at radius 3 is 1.55 bits per heavy atom. The predicted molar refractivity (Wildman–Crippen MR) is 74.7 cm³/mol. The highest BCUT2D eigenvalue weighted by molar-refractivity contribution is 7.54. The summed E-state index contributed by atoms with van der Waals surface area (Å²) in [4.78, 5) is 20.9. The Bertz CT molecular complexity index is 307. The van der Waals surface area contributed by atoms with Crippen LogP contribution in [0.2, 0.25) is 0 Å². The molecule has 0 N–H and O–H groups in total. The van der Waals surface area contributed by atoms with Gasteiger partial charge < -0.3 is 18.5 Å². The van der Waals surface area contributed by atoms with E-state index in [0.29, 0.717) is 6.61 Å². The van der Waals surface area contributed by atoms with Gasteiger partial charge in [-0.3, -0.25) is 14.2 Å². The van der Waals surface area contributed by atoms with Crippen molar-refractivity contribution in [2.24, 2.45) is 0 Å². The fraction of sp³-hybridized carbons (Fsp3) is 0.833. The van der Waals surface area contributed by atoms with Gasteiger partial charge >= 0.3 is 19.5 Å². The summed E-state index contributed by atoms with van der Waals surface area (Å²) in [6.07, 6.45) is -0.317. The Kier molecular flexibility index (Phi) is 14.0. The van der Waals surface area contributed by atoms with E-state index in [0.717, 1.165) is 0 Å². The minimum Gasteiger partial charge on any atom is -0.466 e. The summed E-state index contributed by atoms with van der Waals surface area (Å²) in [5, 5.41) is 0. The molecule has 120 valence electrons. The third kappa shape index (κ3) is 13.5. The predicted octanol–water partition coefficient (Wildman–Crippen LogP) is 2.39. The monoisotopic (exact) mass is 312 g/mol. The van der Waals surface area contributed by atoms with E-state index >= 15 is 0 Å². The molecule has 20 heavy (non-hydrogen) atoms. The zero-order valence-electron chi connectivity index (χ0n) is 12.8. The second kappa shape index (κ2) is 13.1. The average Bonchev–Trinajstić information content (AvgIpc) is 2.29. The van der Waals surface area contributed by atoms with Gasteiger partial charge in [-0.1, -0.05) is 0 Å². The molecule has 0 aliphatic rings. The standard InChI is InChI=1S/C8H17O5P.C4H8O2/c1-4-11-8(9)7-14(10,12-5-2)13-6-3;1-3-6-4(2)5/h4-7H2,1-3H3;3H2,1-2H3. The average molecular weight is 312 g/mol. The van der Waals surface area contributed by atoms with Crippen molar-refractivity contribution in [1.82, 2.24) is 0 Å². The van der Waals surface area contributed by atoms with Crippen LogP contribution in [0.1, 0.15) is 34.6 Å². The van der Waals surface area contributed by atoms with Crippen LogP contribution < -0.4 is 0 Å². The molecule has 0 spiro atoms. The van der Waals surface area contributed by atoms with E-state index in [1.807, 2.05) is 0 Å². The van der Waals surface area contributed by atoms with Crippen molar-refractivity contribution in [3.8, 4) is 0 Å². The maximum Gasteiger partial charge on any atom is 0.341 e. The molecule has 0 unspecified atom stereocenters. The van der Waals surface area contributed by atoms with E-state index < -0.39 is 13.6 Å². The van der Waals surface area contributed by atoms with Crippen molar-refractivity contribution in [3.63, 3.8) is 0 Å². The van der Waals surface area contributed by atoms with Gasteiger partial charge in [0.2, 0.25) is 0 Å². The first-order valence-corrected chi connectivity index (χ1v) is 8.25. The molecule has 0 aromatic rings. The maximum atomic E-state index is 11.8. The first kappa shape index (κ1) is 21.4. The normalized spacial score (nSPS) is 10.2. The molecular formula is C12H25O7P. The van der Waals surface area contributed by atoms with Crippen molar-refractivity contribution < 1.29 is 32.7 Å². The van der Waals surface area contributed by atoms with Crippen LogP contribution in [0.3, 0.4) is 0 Å². The highest BCUT2D eigenvalue weighted by Crippen LogP contribution is 2.47. The van der Waals surface area contributed by atoms with Crippen LogP contribution in [-0.4, -0.2) is 44.5 Å². The first-order chi connectivity index (χ1) is 9.35. The van der Waals surface area contributed by atoms with Gasteiger partial charge in [0.1, 0.15) is 6.16 Å². The number of rotatable bonds is 8. The quantitative estimate of drug-likeness (QED) is 0.502. The summed E-state index contributed by atoms with van der Waals surface area (Å²) in [6, 6.07) is 0. The number of ether oxygens (including phenoxy) is 2. The van der Waals surface area contributed by atoms with Crippen LogP contribution in [0.15, 0.2) is 0 Å². The molecule has 0 aromatic heterocycles. The Morgan fingerprint density at radius 2 is 1.30 bits per heavy atom. The first-order valence-electron chi connectivity index (χ1n) is 6.52. The SMILES string of the molecule is CCOC(=O)CP(=O)(OCC)OCC.CCOC(C)=O. The molecule has 0 heterocycles. The lowest BCUT2D eigenvalue weighted by atomic mass is 10.8. The Labute approximate surface area is 120 Å². The van der Waals surface area contributed by atoms with Gasteiger partial charge in [0.25, 0.3) is 0 Å². The van der Waals surface area contributed by atoms with Crippen LogP contribution in [0, 0.1) is 0 Å². The summed E-state index contributed by atoms with van der Waals surface area (Å²) in [7, 11) is -3.28. The highest BCUT2D eigenvalue weighted by atomic mass is 31.2. The molecule has 0 radical (unpaired) electrons. The van der Waals surface area contributed by atoms with Gasteiger partial charge in [0, 0.05) is 6.92 Å². The van der Waals surface area contributed by atoms with Gasteiger partial charge in [-0.15, -0.1) is 0 Å². The van der Waals surface area contributed by atoms with Crippen LogP contribution in [0.5, 0.6) is 0 Å². The second-order valence-electron chi connectivity index (χ2n) is 3.33. The summed E-state index contributed by atoms with van der Waals surface area (Å²) < 4.78 is 30.7. The molecule has 0 aliphatic heterocycles. The van der Waals surface area contributed by atoms with Crippen LogP contribution in [0.4, 0.5) is 0 Å². The minimum absolute atomic E-state index is 0.211. The van der Waals surface area contributed by atoms with Gasteiger partial charge in [-0.05, 0) is 27.7 Å². The van der Waals surface area contributed by atoms with Gasteiger partial charge in [0.15, 0.2) is 0 Å². The highest BCUT2D eigenvalue weighted by Gasteiger charge is 2.28. The van der Waals surface area contributed by atoms with Crippen LogP contribution in [-0.2, 0) is 32.7 Å². The van der Waals surface area contributed by atoms with E-state index in [9.17, 15) is 14.2 Å². The van der Waals surface area contributed by atoms with E-state index in [1.54, 1.807) is 27.7 Å². The van der Waals surface area contributed by atoms with E-state index in [2.05, 4.69) is 9.47 Å². The summed E-state index contributed by atoms with van der Waals surface area (Å²) in [5.41, 5.74) is 0. The van der Waals surface area contributed by atoms with Crippen LogP contribution in [0.25, 0.3) is 0 Å². The molecule has 0 bridgehead atoms. The Balaban J connectivity index is 0. The zero-order valence-corrected chi connectivity index (χ0v) is 13.7. The lowest BCUT2D eigenvalue weighted by Gasteiger charge is -2.15. The number of hydrogen-bond acceptors (Lipinski definition) is 7. The van der Waals surface area contributed by atoms with Gasteiger partial charge in [-0.2, -0.15) is 0 Å². The third-order valence-corrected chi connectivity index (χ3v) is 3.58. The lowest BCUT2D eigenvalue weighted by Crippen LogP contribution is -2.12. The smallest absolute Gasteiger partial charge is 0.341 e. The number of carbonyl (C=O) groups excluding carboxylic acids is 2. The summed E-state index contributed by atoms with van der Waals surface area (Å²) in [5.74, 6) is -0.768. The number of esters is 2. The van der Waals surface area contributed by atoms with E-state index in [1.165, 1.54) is 6.92 Å². The van der Waals surface area contributed by atoms with Crippen molar-refractivity contribution in [1.29, 1.82) is 0 Å². The molecule has 0 atom stereocenters. The lowest BCUT2D eigenvalue weighted by molar-refractivity contribution is -0.141. The fourth-order valence-corrected chi connectivity index (χ4v) is 2.54. The molecule has 0 aromatic carbocycles. The topological polar surface area (TPSA) is 88.1 Å². The fourth-order valence-electron chi connectivity index (χ4n) is 1.09. The second-order valence-corrected chi connectivity index (χ2v) is 5.39.